The molecule has 0 spiro atoms. The van der Waals surface area contributed by atoms with Crippen LogP contribution in [-0.2, 0) is 13.0 Å². The van der Waals surface area contributed by atoms with Crippen LogP contribution >= 0.6 is 0 Å². The summed E-state index contributed by atoms with van der Waals surface area (Å²) in [6.07, 6.45) is 9.39. The van der Waals surface area contributed by atoms with Crippen LogP contribution in [0.5, 0.6) is 5.75 Å². The van der Waals surface area contributed by atoms with Crippen molar-refractivity contribution in [1.82, 2.24) is 14.5 Å². The monoisotopic (exact) mass is 321 g/mol. The van der Waals surface area contributed by atoms with Crippen LogP contribution in [-0.4, -0.2) is 19.6 Å². The zero-order chi connectivity index (χ0) is 16.9. The molecule has 1 N–H and O–H groups in total. The first-order valence-electron chi connectivity index (χ1n) is 8.28. The van der Waals surface area contributed by atoms with Gasteiger partial charge in [-0.2, -0.15) is 0 Å². The van der Waals surface area contributed by atoms with Crippen LogP contribution in [0.2, 0.25) is 0 Å². The van der Waals surface area contributed by atoms with Crippen LogP contribution < -0.4 is 0 Å². The van der Waals surface area contributed by atoms with Gasteiger partial charge in [0.15, 0.2) is 0 Å². The molecule has 0 radical (unpaired) electrons. The molecule has 2 heterocycles. The Balaban J connectivity index is 1.80. The highest BCUT2D eigenvalue weighted by atomic mass is 16.3. The minimum atomic E-state index is 0.223. The van der Waals surface area contributed by atoms with Crippen molar-refractivity contribution in [1.29, 1.82) is 0 Å². The van der Waals surface area contributed by atoms with Crippen LogP contribution in [0, 0.1) is 13.8 Å². The lowest BCUT2D eigenvalue weighted by molar-refractivity contribution is 0.444. The van der Waals surface area contributed by atoms with Crippen LogP contribution in [0.1, 0.15) is 34.7 Å². The van der Waals surface area contributed by atoms with Crippen molar-refractivity contribution in [3.8, 4) is 5.75 Å². The summed E-state index contributed by atoms with van der Waals surface area (Å²) in [6.45, 7) is 4.79. The molecule has 0 saturated carbocycles. The summed E-state index contributed by atoms with van der Waals surface area (Å²) >= 11 is 0. The van der Waals surface area contributed by atoms with E-state index in [9.17, 15) is 5.11 Å². The fourth-order valence-corrected chi connectivity index (χ4v) is 2.98. The third-order valence-electron chi connectivity index (χ3n) is 4.37. The number of pyridine rings is 1. The number of benzene rings is 1. The third kappa shape index (κ3) is 4.02. The first kappa shape index (κ1) is 16.2. The van der Waals surface area contributed by atoms with E-state index in [0.29, 0.717) is 5.75 Å². The molecule has 4 heteroatoms. The highest BCUT2D eigenvalue weighted by Crippen LogP contribution is 2.31. The minimum absolute atomic E-state index is 0.223. The van der Waals surface area contributed by atoms with Crippen molar-refractivity contribution < 1.29 is 5.11 Å². The number of phenols is 1. The fourth-order valence-electron chi connectivity index (χ4n) is 2.98. The Morgan fingerprint density at radius 1 is 1.17 bits per heavy atom. The second kappa shape index (κ2) is 7.30. The van der Waals surface area contributed by atoms with Gasteiger partial charge in [0.05, 0.1) is 6.33 Å². The normalized spacial score (nSPS) is 12.2. The van der Waals surface area contributed by atoms with E-state index in [1.54, 1.807) is 6.20 Å². The molecule has 3 rings (SSSR count). The Bertz CT molecular complexity index is 779. The van der Waals surface area contributed by atoms with Crippen molar-refractivity contribution in [3.63, 3.8) is 0 Å². The molecule has 0 bridgehead atoms. The lowest BCUT2D eigenvalue weighted by Gasteiger charge is -2.19. The van der Waals surface area contributed by atoms with Gasteiger partial charge in [-0.15, -0.1) is 0 Å². The Morgan fingerprint density at radius 3 is 2.71 bits per heavy atom. The molecule has 0 aliphatic carbocycles. The van der Waals surface area contributed by atoms with E-state index in [4.69, 9.17) is 0 Å². The van der Waals surface area contributed by atoms with Gasteiger partial charge in [-0.25, -0.2) is 4.98 Å². The number of hydrogen-bond donors (Lipinski definition) is 1. The summed E-state index contributed by atoms with van der Waals surface area (Å²) in [5, 5.41) is 10.4. The molecular weight excluding hydrogens is 298 g/mol. The summed E-state index contributed by atoms with van der Waals surface area (Å²) < 4.78 is 2.07. The van der Waals surface area contributed by atoms with E-state index in [0.717, 1.165) is 36.2 Å². The Kier molecular flexibility index (Phi) is 4.94. The molecule has 0 fully saturated rings. The average molecular weight is 321 g/mol. The number of aromatic hydroxyl groups is 1. The molecule has 0 amide bonds. The van der Waals surface area contributed by atoms with Gasteiger partial charge in [0, 0.05) is 36.7 Å². The van der Waals surface area contributed by atoms with E-state index >= 15 is 0 Å². The van der Waals surface area contributed by atoms with E-state index in [-0.39, 0.29) is 5.92 Å². The molecule has 124 valence electrons. The predicted octanol–water partition coefficient (Wildman–Crippen LogP) is 4.02. The maximum absolute atomic E-state index is 10.4. The minimum Gasteiger partial charge on any atom is -0.508 e. The molecule has 2 aromatic heterocycles. The summed E-state index contributed by atoms with van der Waals surface area (Å²) in [4.78, 5) is 8.49. The van der Waals surface area contributed by atoms with E-state index in [1.807, 2.05) is 50.8 Å². The topological polar surface area (TPSA) is 50.9 Å². The summed E-state index contributed by atoms with van der Waals surface area (Å²) in [5.41, 5.74) is 4.32. The highest BCUT2D eigenvalue weighted by Gasteiger charge is 2.16. The lowest BCUT2D eigenvalue weighted by Crippen LogP contribution is -2.10. The van der Waals surface area contributed by atoms with Crippen LogP contribution in [0.4, 0.5) is 0 Å². The Morgan fingerprint density at radius 2 is 2.04 bits per heavy atom. The van der Waals surface area contributed by atoms with Gasteiger partial charge in [0.2, 0.25) is 0 Å². The largest absolute Gasteiger partial charge is 0.508 e. The van der Waals surface area contributed by atoms with Gasteiger partial charge in [-0.3, -0.25) is 4.98 Å². The molecule has 0 aliphatic heterocycles. The van der Waals surface area contributed by atoms with E-state index in [2.05, 4.69) is 26.7 Å². The second-order valence-electron chi connectivity index (χ2n) is 6.37. The number of phenolic OH excluding ortho intramolecular Hbond substituents is 1. The van der Waals surface area contributed by atoms with Crippen LogP contribution in [0.25, 0.3) is 0 Å². The molecule has 4 nitrogen and oxygen atoms in total. The van der Waals surface area contributed by atoms with Crippen molar-refractivity contribution in [2.45, 2.75) is 39.2 Å². The van der Waals surface area contributed by atoms with Gasteiger partial charge in [0.1, 0.15) is 5.75 Å². The summed E-state index contributed by atoms with van der Waals surface area (Å²) in [5.74, 6) is 0.600. The molecule has 3 aromatic rings. The first-order chi connectivity index (χ1) is 11.6. The zero-order valence-electron chi connectivity index (χ0n) is 14.2. The van der Waals surface area contributed by atoms with Gasteiger partial charge in [-0.05, 0) is 55.5 Å². The summed E-state index contributed by atoms with van der Waals surface area (Å²) in [7, 11) is 0. The standard InChI is InChI=1S/C20H23N3O/c1-15-3-8-19(20(24)11-15)18(13-23-10-9-21-14-23)7-6-17-5-4-16(2)22-12-17/h3-5,8-12,14,18,24H,6-7,13H2,1-2H3. The number of rotatable bonds is 6. The molecule has 0 aliphatic rings. The van der Waals surface area contributed by atoms with Crippen molar-refractivity contribution in [2.75, 3.05) is 0 Å². The lowest BCUT2D eigenvalue weighted by atomic mass is 9.91. The van der Waals surface area contributed by atoms with Gasteiger partial charge >= 0.3 is 0 Å². The first-order valence-corrected chi connectivity index (χ1v) is 8.28. The second-order valence-corrected chi connectivity index (χ2v) is 6.37. The molecule has 1 atom stereocenters. The number of aryl methyl sites for hydroxylation is 3. The van der Waals surface area contributed by atoms with Crippen LogP contribution in [0.15, 0.2) is 55.2 Å². The fraction of sp³-hybridized carbons (Fsp3) is 0.300. The summed E-state index contributed by atoms with van der Waals surface area (Å²) in [6, 6.07) is 10.1. The Labute approximate surface area is 142 Å². The Hall–Kier alpha value is -2.62. The van der Waals surface area contributed by atoms with Crippen molar-refractivity contribution >= 4 is 0 Å². The van der Waals surface area contributed by atoms with Crippen molar-refractivity contribution in [3.05, 3.63) is 77.6 Å². The van der Waals surface area contributed by atoms with Gasteiger partial charge < -0.3 is 9.67 Å². The number of aromatic nitrogens is 3. The van der Waals surface area contributed by atoms with E-state index < -0.39 is 0 Å². The van der Waals surface area contributed by atoms with Crippen LogP contribution in [0.3, 0.4) is 0 Å². The predicted molar refractivity (Wildman–Crippen MR) is 95.1 cm³/mol. The smallest absolute Gasteiger partial charge is 0.119 e. The van der Waals surface area contributed by atoms with Gasteiger partial charge in [-0.1, -0.05) is 18.2 Å². The highest BCUT2D eigenvalue weighted by molar-refractivity contribution is 5.38. The molecular formula is C20H23N3O. The quantitative estimate of drug-likeness (QED) is 0.746. The third-order valence-corrected chi connectivity index (χ3v) is 4.37. The molecule has 1 aromatic carbocycles. The number of imidazole rings is 1. The maximum atomic E-state index is 10.4. The van der Waals surface area contributed by atoms with E-state index in [1.165, 1.54) is 5.56 Å². The average Bonchev–Trinajstić information content (AvgIpc) is 3.06. The van der Waals surface area contributed by atoms with Gasteiger partial charge in [0.25, 0.3) is 0 Å². The zero-order valence-corrected chi connectivity index (χ0v) is 14.2. The number of hydrogen-bond acceptors (Lipinski definition) is 3. The van der Waals surface area contributed by atoms with Crippen molar-refractivity contribution in [2.24, 2.45) is 0 Å². The molecule has 0 saturated heterocycles. The SMILES string of the molecule is Cc1ccc(C(CCc2ccc(C)nc2)Cn2ccnc2)c(O)c1. The maximum Gasteiger partial charge on any atom is 0.119 e. The molecule has 24 heavy (non-hydrogen) atoms. The molecule has 1 unspecified atom stereocenters. The number of nitrogens with zero attached hydrogens (tertiary/aromatic N) is 3.